The third kappa shape index (κ3) is 10.8. The molecule has 0 radical (unpaired) electrons. The highest BCUT2D eigenvalue weighted by atomic mass is 16.6. The SMILES string of the molecule is CCCCCOC(=O)/N=N/C(=O)OCCCC. The summed E-state index contributed by atoms with van der Waals surface area (Å²) in [7, 11) is 0. The first-order valence-corrected chi connectivity index (χ1v) is 5.96. The number of rotatable bonds is 7. The average molecular weight is 244 g/mol. The highest BCUT2D eigenvalue weighted by molar-refractivity contribution is 5.73. The lowest BCUT2D eigenvalue weighted by atomic mass is 10.3. The van der Waals surface area contributed by atoms with Crippen LogP contribution in [0.25, 0.3) is 0 Å². The molecule has 0 fully saturated rings. The van der Waals surface area contributed by atoms with E-state index in [1.807, 2.05) is 13.8 Å². The fourth-order valence-electron chi connectivity index (χ4n) is 0.955. The predicted octanol–water partition coefficient (Wildman–Crippen LogP) is 3.70. The topological polar surface area (TPSA) is 77.3 Å². The van der Waals surface area contributed by atoms with E-state index < -0.39 is 12.2 Å². The van der Waals surface area contributed by atoms with E-state index >= 15 is 0 Å². The van der Waals surface area contributed by atoms with Crippen molar-refractivity contribution in [1.29, 1.82) is 0 Å². The van der Waals surface area contributed by atoms with Gasteiger partial charge in [-0.05, 0) is 12.8 Å². The molecule has 0 N–H and O–H groups in total. The van der Waals surface area contributed by atoms with Crippen LogP contribution >= 0.6 is 0 Å². The van der Waals surface area contributed by atoms with Gasteiger partial charge < -0.3 is 9.47 Å². The van der Waals surface area contributed by atoms with Crippen molar-refractivity contribution in [3.05, 3.63) is 0 Å². The van der Waals surface area contributed by atoms with Gasteiger partial charge in [-0.2, -0.15) is 0 Å². The van der Waals surface area contributed by atoms with Crippen molar-refractivity contribution in [2.75, 3.05) is 13.2 Å². The average Bonchev–Trinajstić information content (AvgIpc) is 2.32. The summed E-state index contributed by atoms with van der Waals surface area (Å²) in [5.41, 5.74) is 0. The molecule has 0 unspecified atom stereocenters. The van der Waals surface area contributed by atoms with Gasteiger partial charge in [0.15, 0.2) is 0 Å². The zero-order chi connectivity index (χ0) is 12.9. The van der Waals surface area contributed by atoms with Crippen LogP contribution in [0.2, 0.25) is 0 Å². The lowest BCUT2D eigenvalue weighted by Gasteiger charge is -1.99. The third-order valence-electron chi connectivity index (χ3n) is 1.91. The third-order valence-corrected chi connectivity index (χ3v) is 1.91. The van der Waals surface area contributed by atoms with Crippen LogP contribution in [0, 0.1) is 0 Å². The number of nitrogens with zero attached hydrogens (tertiary/aromatic N) is 2. The summed E-state index contributed by atoms with van der Waals surface area (Å²) in [5, 5.41) is 6.17. The number of carbonyl (C=O) groups is 2. The predicted molar refractivity (Wildman–Crippen MR) is 62.0 cm³/mol. The molecule has 0 heterocycles. The molecule has 6 nitrogen and oxygen atoms in total. The molecule has 2 amide bonds. The molecule has 0 aromatic rings. The Morgan fingerprint density at radius 1 is 0.824 bits per heavy atom. The van der Waals surface area contributed by atoms with Gasteiger partial charge in [0.05, 0.1) is 13.2 Å². The molecule has 0 atom stereocenters. The van der Waals surface area contributed by atoms with Gasteiger partial charge in [0.1, 0.15) is 0 Å². The molecule has 0 spiro atoms. The summed E-state index contributed by atoms with van der Waals surface area (Å²) < 4.78 is 9.38. The van der Waals surface area contributed by atoms with Crippen LogP contribution < -0.4 is 0 Å². The summed E-state index contributed by atoms with van der Waals surface area (Å²) in [6.45, 7) is 4.62. The smallest absolute Gasteiger partial charge is 0.447 e. The van der Waals surface area contributed by atoms with Crippen LogP contribution in [0.1, 0.15) is 46.0 Å². The van der Waals surface area contributed by atoms with Crippen molar-refractivity contribution in [3.8, 4) is 0 Å². The van der Waals surface area contributed by atoms with Crippen LogP contribution in [-0.4, -0.2) is 25.4 Å². The first kappa shape index (κ1) is 15.5. The molecule has 0 bridgehead atoms. The largest absolute Gasteiger partial charge is 0.452 e. The van der Waals surface area contributed by atoms with Crippen LogP contribution in [0.4, 0.5) is 9.59 Å². The highest BCUT2D eigenvalue weighted by Gasteiger charge is 2.03. The molecule has 0 aliphatic rings. The molecule has 0 aliphatic carbocycles. The Kier molecular flexibility index (Phi) is 10.1. The second-order valence-electron chi connectivity index (χ2n) is 3.49. The van der Waals surface area contributed by atoms with E-state index in [1.165, 1.54) is 0 Å². The maximum absolute atomic E-state index is 11.0. The summed E-state index contributed by atoms with van der Waals surface area (Å²) in [4.78, 5) is 21.9. The van der Waals surface area contributed by atoms with Gasteiger partial charge in [-0.1, -0.05) is 43.3 Å². The summed E-state index contributed by atoms with van der Waals surface area (Å²) in [5.74, 6) is 0. The number of hydrogen-bond acceptors (Lipinski definition) is 4. The molecule has 0 rings (SSSR count). The van der Waals surface area contributed by atoms with E-state index in [9.17, 15) is 9.59 Å². The van der Waals surface area contributed by atoms with E-state index in [4.69, 9.17) is 4.74 Å². The van der Waals surface area contributed by atoms with E-state index in [-0.39, 0.29) is 0 Å². The number of unbranched alkanes of at least 4 members (excludes halogenated alkanes) is 3. The van der Waals surface area contributed by atoms with Gasteiger partial charge in [-0.3, -0.25) is 0 Å². The Labute approximate surface area is 101 Å². The first-order chi connectivity index (χ1) is 8.20. The van der Waals surface area contributed by atoms with E-state index in [2.05, 4.69) is 15.0 Å². The Balaban J connectivity index is 3.60. The Morgan fingerprint density at radius 3 is 1.76 bits per heavy atom. The van der Waals surface area contributed by atoms with Gasteiger partial charge in [-0.25, -0.2) is 9.59 Å². The van der Waals surface area contributed by atoms with E-state index in [1.54, 1.807) is 0 Å². The van der Waals surface area contributed by atoms with Crippen LogP contribution in [0.3, 0.4) is 0 Å². The summed E-state index contributed by atoms with van der Waals surface area (Å²) in [6.07, 6.45) is 2.80. The van der Waals surface area contributed by atoms with E-state index in [0.717, 1.165) is 32.1 Å². The summed E-state index contributed by atoms with van der Waals surface area (Å²) >= 11 is 0. The van der Waals surface area contributed by atoms with Gasteiger partial charge in [-0.15, -0.1) is 0 Å². The lowest BCUT2D eigenvalue weighted by Crippen LogP contribution is -2.03. The van der Waals surface area contributed by atoms with Crippen LogP contribution in [0.5, 0.6) is 0 Å². The number of azo groups is 1. The number of hydrogen-bond donors (Lipinski definition) is 0. The summed E-state index contributed by atoms with van der Waals surface area (Å²) in [6, 6.07) is 0. The van der Waals surface area contributed by atoms with Crippen molar-refractivity contribution in [1.82, 2.24) is 0 Å². The Hall–Kier alpha value is -1.46. The molecular formula is C11H20N2O4. The minimum atomic E-state index is -0.857. The second-order valence-corrected chi connectivity index (χ2v) is 3.49. The molecule has 6 heteroatoms. The molecular weight excluding hydrogens is 224 g/mol. The van der Waals surface area contributed by atoms with Crippen molar-refractivity contribution >= 4 is 12.2 Å². The maximum Gasteiger partial charge on any atom is 0.452 e. The minimum absolute atomic E-state index is 0.292. The fourth-order valence-corrected chi connectivity index (χ4v) is 0.955. The van der Waals surface area contributed by atoms with Gasteiger partial charge >= 0.3 is 12.2 Å². The molecule has 0 saturated heterocycles. The Bertz CT molecular complexity index is 254. The normalized spacial score (nSPS) is 10.5. The van der Waals surface area contributed by atoms with Crippen molar-refractivity contribution in [2.24, 2.45) is 10.2 Å². The molecule has 0 aliphatic heterocycles. The first-order valence-electron chi connectivity index (χ1n) is 5.96. The standard InChI is InChI=1S/C11H20N2O4/c1-3-5-7-9-17-11(15)13-12-10(14)16-8-6-4-2/h3-9H2,1-2H3/b13-12+. The molecule has 0 aromatic carbocycles. The van der Waals surface area contributed by atoms with Crippen LogP contribution in [-0.2, 0) is 9.47 Å². The van der Waals surface area contributed by atoms with Crippen molar-refractivity contribution < 1.29 is 19.1 Å². The number of ether oxygens (including phenoxy) is 2. The molecule has 0 saturated carbocycles. The van der Waals surface area contributed by atoms with Gasteiger partial charge in [0.2, 0.25) is 0 Å². The molecule has 17 heavy (non-hydrogen) atoms. The quantitative estimate of drug-likeness (QED) is 0.505. The molecule has 98 valence electrons. The van der Waals surface area contributed by atoms with Gasteiger partial charge in [0, 0.05) is 0 Å². The Morgan fingerprint density at radius 2 is 1.29 bits per heavy atom. The van der Waals surface area contributed by atoms with Gasteiger partial charge in [0.25, 0.3) is 0 Å². The van der Waals surface area contributed by atoms with Crippen LogP contribution in [0.15, 0.2) is 10.2 Å². The number of carbonyl (C=O) groups excluding carboxylic acids is 2. The maximum atomic E-state index is 11.0. The second kappa shape index (κ2) is 11.0. The van der Waals surface area contributed by atoms with E-state index in [0.29, 0.717) is 13.2 Å². The fraction of sp³-hybridized carbons (Fsp3) is 0.818. The van der Waals surface area contributed by atoms with Crippen molar-refractivity contribution in [3.63, 3.8) is 0 Å². The van der Waals surface area contributed by atoms with Crippen molar-refractivity contribution in [2.45, 2.75) is 46.0 Å². The zero-order valence-corrected chi connectivity index (χ0v) is 10.5. The minimum Gasteiger partial charge on any atom is -0.447 e. The number of amides is 2. The zero-order valence-electron chi connectivity index (χ0n) is 10.5. The lowest BCUT2D eigenvalue weighted by molar-refractivity contribution is 0.144. The highest BCUT2D eigenvalue weighted by Crippen LogP contribution is 1.97. The monoisotopic (exact) mass is 244 g/mol. The molecule has 0 aromatic heterocycles.